The molecule has 21 heavy (non-hydrogen) atoms. The van der Waals surface area contributed by atoms with Crippen LogP contribution < -0.4 is 16.6 Å². The predicted molar refractivity (Wildman–Crippen MR) is 77.3 cm³/mol. The van der Waals surface area contributed by atoms with Crippen LogP contribution in [0.2, 0.25) is 0 Å². The molecular weight excluding hydrogens is 276 g/mol. The normalized spacial score (nSPS) is 10.8. The van der Waals surface area contributed by atoms with Crippen LogP contribution in [-0.2, 0) is 23.6 Å². The Morgan fingerprint density at radius 2 is 2.05 bits per heavy atom. The molecule has 0 unspecified atom stereocenters. The van der Waals surface area contributed by atoms with Crippen LogP contribution in [0, 0.1) is 0 Å². The van der Waals surface area contributed by atoms with Gasteiger partial charge in [0, 0.05) is 20.7 Å². The highest BCUT2D eigenvalue weighted by atomic mass is 16.5. The van der Waals surface area contributed by atoms with E-state index < -0.39 is 11.2 Å². The Balaban J connectivity index is 2.45. The first-order valence-corrected chi connectivity index (χ1v) is 6.39. The number of aryl methyl sites for hydroxylation is 1. The molecule has 0 saturated heterocycles. The largest absolute Gasteiger partial charge is 0.372 e. The van der Waals surface area contributed by atoms with Gasteiger partial charge in [-0.25, -0.2) is 9.78 Å². The summed E-state index contributed by atoms with van der Waals surface area (Å²) in [7, 11) is 2.93. The Morgan fingerprint density at radius 1 is 1.33 bits per heavy atom. The molecule has 112 valence electrons. The Bertz CT molecular complexity index is 806. The number of hydrogen-bond acceptors (Lipinski definition) is 5. The molecule has 0 aromatic carbocycles. The lowest BCUT2D eigenvalue weighted by atomic mass is 10.3. The molecule has 1 N–H and O–H groups in total. The predicted octanol–water partition coefficient (Wildman–Crippen LogP) is -0.393. The second-order valence-corrected chi connectivity index (χ2v) is 4.49. The quantitative estimate of drug-likeness (QED) is 0.828. The van der Waals surface area contributed by atoms with E-state index in [0.717, 1.165) is 4.57 Å². The van der Waals surface area contributed by atoms with Crippen LogP contribution >= 0.6 is 0 Å². The van der Waals surface area contributed by atoms with Gasteiger partial charge in [0.05, 0.1) is 17.3 Å². The zero-order valence-corrected chi connectivity index (χ0v) is 12.0. The highest BCUT2D eigenvalue weighted by molar-refractivity contribution is 5.93. The molecule has 0 spiro atoms. The maximum absolute atomic E-state index is 12.1. The smallest absolute Gasteiger partial charge is 0.332 e. The molecule has 0 atom stereocenters. The molecule has 8 heteroatoms. The number of fused-ring (bicyclic) bond motifs is 1. The lowest BCUT2D eigenvalue weighted by Gasteiger charge is -2.09. The average molecular weight is 292 g/mol. The van der Waals surface area contributed by atoms with Crippen molar-refractivity contribution in [2.45, 2.75) is 6.92 Å². The summed E-state index contributed by atoms with van der Waals surface area (Å²) in [5.41, 5.74) is -0.261. The fraction of sp³-hybridized carbons (Fsp3) is 0.385. The van der Waals surface area contributed by atoms with Gasteiger partial charge >= 0.3 is 5.69 Å². The first-order chi connectivity index (χ1) is 9.95. The number of amides is 1. The van der Waals surface area contributed by atoms with Crippen molar-refractivity contribution in [1.82, 2.24) is 14.1 Å². The second-order valence-electron chi connectivity index (χ2n) is 4.49. The zero-order valence-electron chi connectivity index (χ0n) is 12.0. The van der Waals surface area contributed by atoms with E-state index in [1.54, 1.807) is 6.92 Å². The first kappa shape index (κ1) is 14.9. The highest BCUT2D eigenvalue weighted by Gasteiger charge is 2.11. The fourth-order valence-electron chi connectivity index (χ4n) is 1.93. The van der Waals surface area contributed by atoms with Crippen molar-refractivity contribution in [3.05, 3.63) is 33.1 Å². The maximum Gasteiger partial charge on any atom is 0.332 e. The lowest BCUT2D eigenvalue weighted by molar-refractivity contribution is -0.120. The summed E-state index contributed by atoms with van der Waals surface area (Å²) < 4.78 is 7.27. The van der Waals surface area contributed by atoms with E-state index in [-0.39, 0.29) is 23.5 Å². The number of hydrogen-bond donors (Lipinski definition) is 1. The molecule has 0 bridgehead atoms. The van der Waals surface area contributed by atoms with E-state index in [4.69, 9.17) is 4.74 Å². The molecule has 2 aromatic rings. The minimum absolute atomic E-state index is 0.0696. The lowest BCUT2D eigenvalue weighted by Crippen LogP contribution is -2.37. The van der Waals surface area contributed by atoms with Gasteiger partial charge in [0.15, 0.2) is 0 Å². The molecule has 1 amide bonds. The molecule has 8 nitrogen and oxygen atoms in total. The van der Waals surface area contributed by atoms with E-state index in [1.807, 2.05) is 0 Å². The molecular formula is C13H16N4O4. The van der Waals surface area contributed by atoms with Crippen LogP contribution in [0.1, 0.15) is 6.92 Å². The minimum Gasteiger partial charge on any atom is -0.372 e. The van der Waals surface area contributed by atoms with Gasteiger partial charge in [0.1, 0.15) is 12.3 Å². The molecule has 0 fully saturated rings. The molecule has 2 heterocycles. The van der Waals surface area contributed by atoms with Crippen molar-refractivity contribution in [3.63, 3.8) is 0 Å². The number of carbonyl (C=O) groups excluding carboxylic acids is 1. The standard InChI is InChI=1S/C13H16N4O4/c1-4-21-7-10(18)15-8-5-9-11(14-6-8)16(2)13(20)17(3)12(9)19/h5-6H,4,7H2,1-3H3,(H,15,18). The highest BCUT2D eigenvalue weighted by Crippen LogP contribution is 2.11. The van der Waals surface area contributed by atoms with Crippen molar-refractivity contribution in [1.29, 1.82) is 0 Å². The van der Waals surface area contributed by atoms with Crippen LogP contribution in [0.15, 0.2) is 21.9 Å². The maximum atomic E-state index is 12.1. The summed E-state index contributed by atoms with van der Waals surface area (Å²) in [6.07, 6.45) is 1.39. The van der Waals surface area contributed by atoms with E-state index >= 15 is 0 Å². The Kier molecular flexibility index (Phi) is 4.18. The van der Waals surface area contributed by atoms with Crippen molar-refractivity contribution in [2.75, 3.05) is 18.5 Å². The van der Waals surface area contributed by atoms with E-state index in [2.05, 4.69) is 10.3 Å². The number of anilines is 1. The van der Waals surface area contributed by atoms with Crippen LogP contribution in [0.25, 0.3) is 11.0 Å². The van der Waals surface area contributed by atoms with Crippen molar-refractivity contribution >= 4 is 22.6 Å². The van der Waals surface area contributed by atoms with Gasteiger partial charge in [-0.2, -0.15) is 0 Å². The van der Waals surface area contributed by atoms with Gasteiger partial charge in [0.25, 0.3) is 5.56 Å². The SMILES string of the molecule is CCOCC(=O)Nc1cnc2c(c1)c(=O)n(C)c(=O)n2C. The summed E-state index contributed by atoms with van der Waals surface area (Å²) in [5, 5.41) is 2.85. The summed E-state index contributed by atoms with van der Waals surface area (Å²) in [6.45, 7) is 2.15. The van der Waals surface area contributed by atoms with Gasteiger partial charge in [-0.1, -0.05) is 0 Å². The van der Waals surface area contributed by atoms with Gasteiger partial charge in [-0.05, 0) is 13.0 Å². The van der Waals surface area contributed by atoms with Crippen LogP contribution in [0.3, 0.4) is 0 Å². The summed E-state index contributed by atoms with van der Waals surface area (Å²) >= 11 is 0. The molecule has 0 saturated carbocycles. The molecule has 0 aliphatic carbocycles. The van der Waals surface area contributed by atoms with Crippen LogP contribution in [0.4, 0.5) is 5.69 Å². The number of carbonyl (C=O) groups is 1. The third-order valence-electron chi connectivity index (χ3n) is 3.01. The summed E-state index contributed by atoms with van der Waals surface area (Å²) in [4.78, 5) is 39.5. The zero-order chi connectivity index (χ0) is 15.6. The number of ether oxygens (including phenoxy) is 1. The van der Waals surface area contributed by atoms with Crippen LogP contribution in [0.5, 0.6) is 0 Å². The second kappa shape index (κ2) is 5.88. The third kappa shape index (κ3) is 2.84. The number of nitrogens with zero attached hydrogens (tertiary/aromatic N) is 3. The molecule has 0 radical (unpaired) electrons. The Morgan fingerprint density at radius 3 is 2.71 bits per heavy atom. The van der Waals surface area contributed by atoms with Gasteiger partial charge < -0.3 is 10.1 Å². The van der Waals surface area contributed by atoms with E-state index in [1.165, 1.54) is 30.9 Å². The molecule has 2 aromatic heterocycles. The van der Waals surface area contributed by atoms with E-state index in [0.29, 0.717) is 12.3 Å². The van der Waals surface area contributed by atoms with Crippen molar-refractivity contribution in [2.24, 2.45) is 14.1 Å². The molecule has 0 aliphatic rings. The first-order valence-electron chi connectivity index (χ1n) is 6.39. The van der Waals surface area contributed by atoms with Gasteiger partial charge in [-0.15, -0.1) is 0 Å². The summed E-state index contributed by atoms with van der Waals surface area (Å²) in [5.74, 6) is -0.334. The Labute approximate surface area is 120 Å². The third-order valence-corrected chi connectivity index (χ3v) is 3.01. The average Bonchev–Trinajstić information content (AvgIpc) is 2.48. The van der Waals surface area contributed by atoms with Gasteiger partial charge in [-0.3, -0.25) is 18.7 Å². The number of aromatic nitrogens is 3. The van der Waals surface area contributed by atoms with Crippen LogP contribution in [-0.4, -0.2) is 33.2 Å². The fourth-order valence-corrected chi connectivity index (χ4v) is 1.93. The molecule has 2 rings (SSSR count). The minimum atomic E-state index is -0.457. The van der Waals surface area contributed by atoms with Crippen molar-refractivity contribution in [3.8, 4) is 0 Å². The Hall–Kier alpha value is -2.48. The number of nitrogens with one attached hydrogen (secondary N) is 1. The molecule has 0 aliphatic heterocycles. The summed E-state index contributed by atoms with van der Waals surface area (Å²) in [6, 6.07) is 1.49. The topological polar surface area (TPSA) is 95.2 Å². The monoisotopic (exact) mass is 292 g/mol. The van der Waals surface area contributed by atoms with Gasteiger partial charge in [0.2, 0.25) is 5.91 Å². The number of pyridine rings is 1. The van der Waals surface area contributed by atoms with Crippen molar-refractivity contribution < 1.29 is 9.53 Å². The number of rotatable bonds is 4. The van der Waals surface area contributed by atoms with E-state index in [9.17, 15) is 14.4 Å².